The first-order chi connectivity index (χ1) is 8.52. The summed E-state index contributed by atoms with van der Waals surface area (Å²) in [6.07, 6.45) is 11.9. The van der Waals surface area contributed by atoms with E-state index in [0.29, 0.717) is 5.92 Å². The van der Waals surface area contributed by atoms with Crippen LogP contribution in [0.3, 0.4) is 0 Å². The summed E-state index contributed by atoms with van der Waals surface area (Å²) in [5.41, 5.74) is 0. The predicted octanol–water partition coefficient (Wildman–Crippen LogP) is 4.21. The molecule has 0 aromatic rings. The lowest BCUT2D eigenvalue weighted by atomic mass is 9.94. The number of allylic oxidation sites excluding steroid dienone is 2. The van der Waals surface area contributed by atoms with E-state index in [9.17, 15) is 4.21 Å². The van der Waals surface area contributed by atoms with Gasteiger partial charge in [-0.2, -0.15) is 0 Å². The van der Waals surface area contributed by atoms with Gasteiger partial charge in [0.25, 0.3) is 0 Å². The molecule has 4 heteroatoms. The van der Waals surface area contributed by atoms with Crippen molar-refractivity contribution in [3.8, 4) is 0 Å². The van der Waals surface area contributed by atoms with E-state index in [-0.39, 0.29) is 4.75 Å². The van der Waals surface area contributed by atoms with Crippen LogP contribution in [0.15, 0.2) is 24.3 Å². The fourth-order valence-corrected chi connectivity index (χ4v) is 3.13. The lowest BCUT2D eigenvalue weighted by Gasteiger charge is -2.37. The number of hydrogen-bond acceptors (Lipinski definition) is 3. The molecule has 0 rings (SSSR count). The van der Waals surface area contributed by atoms with Crippen molar-refractivity contribution in [2.75, 3.05) is 12.5 Å². The molecule has 0 fully saturated rings. The zero-order valence-corrected chi connectivity index (χ0v) is 15.3. The van der Waals surface area contributed by atoms with E-state index in [1.54, 1.807) is 12.5 Å². The van der Waals surface area contributed by atoms with E-state index >= 15 is 0 Å². The quantitative estimate of drug-likeness (QED) is 0.433. The maximum atomic E-state index is 12.3. The van der Waals surface area contributed by atoms with E-state index < -0.39 is 14.9 Å². The summed E-state index contributed by atoms with van der Waals surface area (Å²) in [6.45, 7) is 12.2. The van der Waals surface area contributed by atoms with Crippen LogP contribution in [0.1, 0.15) is 41.5 Å². The zero-order chi connectivity index (χ0) is 15.3. The highest BCUT2D eigenvalue weighted by atomic mass is 32.2. The highest BCUT2D eigenvalue weighted by Crippen LogP contribution is 2.41. The van der Waals surface area contributed by atoms with Crippen LogP contribution in [0.25, 0.3) is 0 Å². The van der Waals surface area contributed by atoms with Crippen LogP contribution < -0.4 is 0 Å². The van der Waals surface area contributed by atoms with Crippen LogP contribution in [-0.2, 0) is 14.1 Å². The number of thiol groups is 1. The van der Waals surface area contributed by atoms with Gasteiger partial charge in [-0.1, -0.05) is 48.1 Å². The van der Waals surface area contributed by atoms with Gasteiger partial charge < -0.3 is 0 Å². The van der Waals surface area contributed by atoms with Crippen molar-refractivity contribution in [1.29, 1.82) is 0 Å². The van der Waals surface area contributed by atoms with Crippen LogP contribution in [-0.4, -0.2) is 26.4 Å². The molecule has 0 aliphatic carbocycles. The zero-order valence-electron chi connectivity index (χ0n) is 13.6. The van der Waals surface area contributed by atoms with Gasteiger partial charge in [0.1, 0.15) is 4.93 Å². The minimum Gasteiger partial charge on any atom is -0.297 e. The van der Waals surface area contributed by atoms with Crippen molar-refractivity contribution in [2.24, 2.45) is 5.92 Å². The van der Waals surface area contributed by atoms with Crippen molar-refractivity contribution in [2.45, 2.75) is 51.2 Å². The molecule has 0 aliphatic rings. The maximum Gasteiger partial charge on any atom is 0.129 e. The minimum atomic E-state index is -2.31. The molecule has 0 unspecified atom stereocenters. The van der Waals surface area contributed by atoms with Gasteiger partial charge in [0.15, 0.2) is 0 Å². The minimum absolute atomic E-state index is 0.212. The molecule has 0 aromatic carbocycles. The molecule has 0 aliphatic heterocycles. The summed E-state index contributed by atoms with van der Waals surface area (Å²) in [7, 11) is -2.31. The average Bonchev–Trinajstić information content (AvgIpc) is 2.24. The van der Waals surface area contributed by atoms with E-state index in [0.717, 1.165) is 0 Å². The summed E-state index contributed by atoms with van der Waals surface area (Å²) in [6, 6.07) is 0. The van der Waals surface area contributed by atoms with Gasteiger partial charge in [0.2, 0.25) is 0 Å². The van der Waals surface area contributed by atoms with Gasteiger partial charge in [-0.3, -0.25) is 8.39 Å². The molecule has 0 spiro atoms. The van der Waals surface area contributed by atoms with Gasteiger partial charge in [-0.15, -0.1) is 0 Å². The van der Waals surface area contributed by atoms with Gasteiger partial charge in [0, 0.05) is 12.0 Å². The summed E-state index contributed by atoms with van der Waals surface area (Å²) in [5.74, 6) is 0.383. The van der Waals surface area contributed by atoms with Crippen molar-refractivity contribution >= 4 is 22.0 Å². The maximum absolute atomic E-state index is 12.3. The van der Waals surface area contributed by atoms with Crippen LogP contribution in [0.5, 0.6) is 0 Å². The first-order valence-corrected chi connectivity index (χ1v) is 10.1. The summed E-state index contributed by atoms with van der Waals surface area (Å²) < 4.78 is 18.0. The average molecular weight is 307 g/mol. The molecule has 0 amide bonds. The van der Waals surface area contributed by atoms with E-state index in [1.807, 2.05) is 39.8 Å². The van der Waals surface area contributed by atoms with Crippen LogP contribution in [0, 0.1) is 5.92 Å². The van der Waals surface area contributed by atoms with Crippen LogP contribution >= 0.6 is 12.0 Å². The normalized spacial score (nSPS) is 18.4. The molecule has 2 nitrogen and oxygen atoms in total. The molecule has 0 saturated carbocycles. The van der Waals surface area contributed by atoms with Gasteiger partial charge in [-0.05, 0) is 46.1 Å². The molecule has 0 bridgehead atoms. The Labute approximate surface area is 124 Å². The van der Waals surface area contributed by atoms with Crippen molar-refractivity contribution in [1.82, 2.24) is 0 Å². The van der Waals surface area contributed by atoms with E-state index in [2.05, 4.69) is 26.0 Å². The molecule has 0 N–H and O–H groups in total. The third-order valence-corrected chi connectivity index (χ3v) is 7.78. The van der Waals surface area contributed by atoms with Crippen molar-refractivity contribution < 1.29 is 8.39 Å². The Bertz CT molecular complexity index is 364. The van der Waals surface area contributed by atoms with Crippen molar-refractivity contribution in [3.63, 3.8) is 0 Å². The van der Waals surface area contributed by atoms with E-state index in [1.165, 1.54) is 12.0 Å². The topological polar surface area (TPSA) is 26.3 Å². The Morgan fingerprint density at radius 3 is 1.79 bits per heavy atom. The summed E-state index contributed by atoms with van der Waals surface area (Å²) in [5, 5.41) is 0. The number of hydrogen-bond donors (Lipinski definition) is 1. The van der Waals surface area contributed by atoms with Crippen molar-refractivity contribution in [3.05, 3.63) is 24.3 Å². The van der Waals surface area contributed by atoms with Crippen LogP contribution in [0.4, 0.5) is 0 Å². The Balaban J connectivity index is 5.21. The second-order valence-electron chi connectivity index (χ2n) is 5.97. The molecule has 0 atom stereocenters. The predicted molar refractivity (Wildman–Crippen MR) is 91.3 cm³/mol. The molecular weight excluding hydrogens is 276 g/mol. The highest BCUT2D eigenvalue weighted by Gasteiger charge is 2.36. The number of rotatable bonds is 7. The molecular formula is C15H30O2S2. The molecule has 114 valence electrons. The lowest BCUT2D eigenvalue weighted by molar-refractivity contribution is 0.233. The summed E-state index contributed by atoms with van der Waals surface area (Å²) >= 11 is 1.41. The largest absolute Gasteiger partial charge is 0.297 e. The lowest BCUT2D eigenvalue weighted by Crippen LogP contribution is -2.39. The Hall–Kier alpha value is -0.0600. The Kier molecular flexibility index (Phi) is 7.07. The molecule has 0 saturated heterocycles. The van der Waals surface area contributed by atoms with E-state index in [4.69, 9.17) is 4.18 Å². The second-order valence-corrected chi connectivity index (χ2v) is 10.8. The van der Waals surface area contributed by atoms with Gasteiger partial charge in [0.05, 0.1) is 4.75 Å². The SMILES string of the molecule is CC=CC(C=CC)(SOC(C)(C)[SH](C)(C)=O)C(C)C. The molecule has 0 radical (unpaired) electrons. The van der Waals surface area contributed by atoms with Crippen LogP contribution in [0.2, 0.25) is 0 Å². The smallest absolute Gasteiger partial charge is 0.129 e. The monoisotopic (exact) mass is 306 g/mol. The molecule has 19 heavy (non-hydrogen) atoms. The molecule has 0 aromatic heterocycles. The Morgan fingerprint density at radius 1 is 1.11 bits per heavy atom. The fourth-order valence-electron chi connectivity index (χ4n) is 1.38. The first kappa shape index (κ1) is 18.9. The Morgan fingerprint density at radius 2 is 1.53 bits per heavy atom. The third kappa shape index (κ3) is 5.09. The first-order valence-electron chi connectivity index (χ1n) is 6.72. The third-order valence-electron chi connectivity index (χ3n) is 3.44. The van der Waals surface area contributed by atoms with Gasteiger partial charge >= 0.3 is 0 Å². The standard InChI is InChI=1S/C15H30O2S2/c1-9-11-15(12-10-2,13(3)4)18-17-14(5,6)19(7,8)16/h9-13,19H,1-8H3. The molecule has 0 heterocycles. The van der Waals surface area contributed by atoms with Gasteiger partial charge in [-0.25, -0.2) is 0 Å². The fraction of sp³-hybridized carbons (Fsp3) is 0.733. The summed E-state index contributed by atoms with van der Waals surface area (Å²) in [4.78, 5) is -0.624. The second kappa shape index (κ2) is 7.09. The highest BCUT2D eigenvalue weighted by molar-refractivity contribution is 8.03.